The fraction of sp³-hybridized carbons (Fsp3) is 0.267. The first kappa shape index (κ1) is 14.0. The molecule has 0 amide bonds. The molecule has 2 heterocycles. The molecule has 0 atom stereocenters. The van der Waals surface area contributed by atoms with Gasteiger partial charge in [-0.05, 0) is 37.6 Å². The van der Waals surface area contributed by atoms with Crippen LogP contribution in [0.25, 0.3) is 0 Å². The quantitative estimate of drug-likeness (QED) is 0.925. The Hall–Kier alpha value is -2.43. The van der Waals surface area contributed by atoms with E-state index in [-0.39, 0.29) is 5.56 Å². The van der Waals surface area contributed by atoms with Gasteiger partial charge in [0.15, 0.2) is 0 Å². The molecule has 2 aromatic heterocycles. The number of nitrogens with zero attached hydrogens (tertiary/aromatic N) is 3. The van der Waals surface area contributed by atoms with Gasteiger partial charge in [-0.1, -0.05) is 6.07 Å². The van der Waals surface area contributed by atoms with Crippen molar-refractivity contribution >= 4 is 11.8 Å². The molecule has 2 rings (SSSR count). The highest BCUT2D eigenvalue weighted by Crippen LogP contribution is 2.21. The molecule has 0 aliphatic rings. The van der Waals surface area contributed by atoms with E-state index in [1.807, 2.05) is 32.2 Å². The Morgan fingerprint density at radius 1 is 1.30 bits per heavy atom. The van der Waals surface area contributed by atoms with Gasteiger partial charge in [-0.15, -0.1) is 0 Å². The molecule has 104 valence electrons. The van der Waals surface area contributed by atoms with Crippen LogP contribution in [0.5, 0.6) is 0 Å². The van der Waals surface area contributed by atoms with Crippen LogP contribution >= 0.6 is 0 Å². The van der Waals surface area contributed by atoms with Gasteiger partial charge in [-0.3, -0.25) is 4.98 Å². The molecular weight excluding hydrogens is 254 g/mol. The summed E-state index contributed by atoms with van der Waals surface area (Å²) in [6.45, 7) is 4.21. The van der Waals surface area contributed by atoms with Crippen LogP contribution in [0.15, 0.2) is 30.5 Å². The fourth-order valence-electron chi connectivity index (χ4n) is 2.10. The number of carboxylic acid groups (broad SMARTS) is 1. The third-order valence-corrected chi connectivity index (χ3v) is 3.06. The smallest absolute Gasteiger partial charge is 0.339 e. The standard InChI is InChI=1S/C15H17N3O2/c1-10-7-8-16-14(13(10)15(19)20)18(3)9-12-6-4-5-11(2)17-12/h4-8H,9H2,1-3H3,(H,19,20). The van der Waals surface area contributed by atoms with Crippen molar-refractivity contribution in [2.45, 2.75) is 20.4 Å². The zero-order chi connectivity index (χ0) is 14.7. The first-order valence-corrected chi connectivity index (χ1v) is 6.31. The van der Waals surface area contributed by atoms with Crippen molar-refractivity contribution in [3.05, 3.63) is 53.0 Å². The molecule has 0 unspecified atom stereocenters. The Kier molecular flexibility index (Phi) is 3.98. The molecule has 0 bridgehead atoms. The highest BCUT2D eigenvalue weighted by molar-refractivity contribution is 5.94. The first-order valence-electron chi connectivity index (χ1n) is 6.31. The lowest BCUT2D eigenvalue weighted by molar-refractivity contribution is 0.0696. The number of carbonyl (C=O) groups is 1. The number of hydrogen-bond donors (Lipinski definition) is 1. The van der Waals surface area contributed by atoms with Gasteiger partial charge < -0.3 is 10.0 Å². The summed E-state index contributed by atoms with van der Waals surface area (Å²) in [5.74, 6) is -0.504. The largest absolute Gasteiger partial charge is 0.478 e. The Bertz CT molecular complexity index is 641. The number of pyridine rings is 2. The van der Waals surface area contributed by atoms with E-state index < -0.39 is 5.97 Å². The van der Waals surface area contributed by atoms with E-state index in [1.54, 1.807) is 24.1 Å². The number of aromatic nitrogens is 2. The van der Waals surface area contributed by atoms with Crippen LogP contribution in [0.4, 0.5) is 5.82 Å². The van der Waals surface area contributed by atoms with Crippen LogP contribution in [0.2, 0.25) is 0 Å². The number of aromatic carboxylic acids is 1. The minimum atomic E-state index is -0.963. The second-order valence-corrected chi connectivity index (χ2v) is 4.76. The van der Waals surface area contributed by atoms with Gasteiger partial charge in [0.05, 0.1) is 12.2 Å². The van der Waals surface area contributed by atoms with E-state index in [0.29, 0.717) is 17.9 Å². The maximum atomic E-state index is 11.4. The molecule has 2 aromatic rings. The maximum Gasteiger partial charge on any atom is 0.339 e. The number of aryl methyl sites for hydroxylation is 2. The lowest BCUT2D eigenvalue weighted by atomic mass is 10.1. The van der Waals surface area contributed by atoms with Crippen molar-refractivity contribution in [1.82, 2.24) is 9.97 Å². The molecule has 0 aromatic carbocycles. The van der Waals surface area contributed by atoms with Crippen molar-refractivity contribution in [2.24, 2.45) is 0 Å². The van der Waals surface area contributed by atoms with Crippen molar-refractivity contribution < 1.29 is 9.90 Å². The average Bonchev–Trinajstić information content (AvgIpc) is 2.37. The zero-order valence-electron chi connectivity index (χ0n) is 11.8. The van der Waals surface area contributed by atoms with Crippen LogP contribution in [0.1, 0.15) is 27.3 Å². The van der Waals surface area contributed by atoms with Gasteiger partial charge in [0.2, 0.25) is 0 Å². The summed E-state index contributed by atoms with van der Waals surface area (Å²) in [5, 5.41) is 9.32. The van der Waals surface area contributed by atoms with Gasteiger partial charge >= 0.3 is 5.97 Å². The number of rotatable bonds is 4. The van der Waals surface area contributed by atoms with E-state index in [9.17, 15) is 9.90 Å². The van der Waals surface area contributed by atoms with Gasteiger partial charge in [0.1, 0.15) is 11.4 Å². The Labute approximate surface area is 117 Å². The minimum Gasteiger partial charge on any atom is -0.478 e. The monoisotopic (exact) mass is 271 g/mol. The van der Waals surface area contributed by atoms with Crippen LogP contribution in [-0.4, -0.2) is 28.1 Å². The molecule has 0 fully saturated rings. The first-order chi connectivity index (χ1) is 9.49. The molecule has 5 heteroatoms. The summed E-state index contributed by atoms with van der Waals surface area (Å²) in [6, 6.07) is 7.48. The van der Waals surface area contributed by atoms with Crippen molar-refractivity contribution in [1.29, 1.82) is 0 Å². The second kappa shape index (κ2) is 5.69. The van der Waals surface area contributed by atoms with Gasteiger partial charge in [-0.25, -0.2) is 9.78 Å². The van der Waals surface area contributed by atoms with Gasteiger partial charge in [0.25, 0.3) is 0 Å². The molecule has 0 spiro atoms. The Balaban J connectivity index is 2.32. The molecule has 0 aliphatic carbocycles. The summed E-state index contributed by atoms with van der Waals surface area (Å²) < 4.78 is 0. The topological polar surface area (TPSA) is 66.3 Å². The molecular formula is C15H17N3O2. The summed E-state index contributed by atoms with van der Waals surface area (Å²) >= 11 is 0. The van der Waals surface area contributed by atoms with E-state index in [4.69, 9.17) is 0 Å². The highest BCUT2D eigenvalue weighted by Gasteiger charge is 2.17. The molecule has 0 radical (unpaired) electrons. The summed E-state index contributed by atoms with van der Waals surface area (Å²) in [5.41, 5.74) is 2.76. The normalized spacial score (nSPS) is 10.3. The minimum absolute atomic E-state index is 0.239. The summed E-state index contributed by atoms with van der Waals surface area (Å²) in [7, 11) is 1.82. The van der Waals surface area contributed by atoms with E-state index in [2.05, 4.69) is 9.97 Å². The van der Waals surface area contributed by atoms with E-state index in [1.165, 1.54) is 0 Å². The van der Waals surface area contributed by atoms with Gasteiger partial charge in [-0.2, -0.15) is 0 Å². The molecule has 20 heavy (non-hydrogen) atoms. The summed E-state index contributed by atoms with van der Waals surface area (Å²) in [4.78, 5) is 21.8. The molecule has 5 nitrogen and oxygen atoms in total. The van der Waals surface area contributed by atoms with Crippen molar-refractivity contribution in [3.63, 3.8) is 0 Å². The van der Waals surface area contributed by atoms with Crippen LogP contribution < -0.4 is 4.90 Å². The lowest BCUT2D eigenvalue weighted by Gasteiger charge is -2.20. The number of hydrogen-bond acceptors (Lipinski definition) is 4. The van der Waals surface area contributed by atoms with Crippen LogP contribution in [-0.2, 0) is 6.54 Å². The molecule has 0 saturated carbocycles. The van der Waals surface area contributed by atoms with Crippen LogP contribution in [0.3, 0.4) is 0 Å². The fourth-order valence-corrected chi connectivity index (χ4v) is 2.10. The predicted octanol–water partition coefficient (Wildman–Crippen LogP) is 2.43. The second-order valence-electron chi connectivity index (χ2n) is 4.76. The SMILES string of the molecule is Cc1cccc(CN(C)c2nccc(C)c2C(=O)O)n1. The average molecular weight is 271 g/mol. The third-order valence-electron chi connectivity index (χ3n) is 3.06. The zero-order valence-corrected chi connectivity index (χ0v) is 11.8. The maximum absolute atomic E-state index is 11.4. The van der Waals surface area contributed by atoms with Crippen molar-refractivity contribution in [2.75, 3.05) is 11.9 Å². The molecule has 0 aliphatic heterocycles. The molecule has 1 N–H and O–H groups in total. The van der Waals surface area contributed by atoms with E-state index in [0.717, 1.165) is 11.4 Å². The summed E-state index contributed by atoms with van der Waals surface area (Å²) in [6.07, 6.45) is 1.62. The van der Waals surface area contributed by atoms with Crippen molar-refractivity contribution in [3.8, 4) is 0 Å². The predicted molar refractivity (Wildman–Crippen MR) is 77.0 cm³/mol. The Morgan fingerprint density at radius 3 is 2.70 bits per heavy atom. The van der Waals surface area contributed by atoms with Crippen LogP contribution in [0, 0.1) is 13.8 Å². The third kappa shape index (κ3) is 2.93. The lowest BCUT2D eigenvalue weighted by Crippen LogP contribution is -2.22. The molecule has 0 saturated heterocycles. The Morgan fingerprint density at radius 2 is 2.05 bits per heavy atom. The highest BCUT2D eigenvalue weighted by atomic mass is 16.4. The van der Waals surface area contributed by atoms with Gasteiger partial charge in [0, 0.05) is 18.9 Å². The van der Waals surface area contributed by atoms with E-state index >= 15 is 0 Å². The number of anilines is 1. The number of carboxylic acids is 1.